The molecule has 6 heterocycles. The highest BCUT2D eigenvalue weighted by Gasteiger charge is 2.40. The van der Waals surface area contributed by atoms with E-state index >= 15 is 0 Å². The van der Waals surface area contributed by atoms with Crippen LogP contribution < -0.4 is 4.90 Å². The zero-order chi connectivity index (χ0) is 28.7. The Hall–Kier alpha value is -3.52. The summed E-state index contributed by atoms with van der Waals surface area (Å²) in [7, 11) is 0. The van der Waals surface area contributed by atoms with Crippen LogP contribution >= 0.6 is 0 Å². The van der Waals surface area contributed by atoms with Crippen LogP contribution in [0.4, 0.5) is 5.69 Å². The first-order chi connectivity index (χ1) is 20.6. The quantitative estimate of drug-likeness (QED) is 0.428. The number of hydrogen-bond acceptors (Lipinski definition) is 8. The molecule has 10 nitrogen and oxygen atoms in total. The molecule has 0 aromatic carbocycles. The average molecular weight is 570 g/mol. The van der Waals surface area contributed by atoms with Gasteiger partial charge in [-0.25, -0.2) is 4.52 Å². The van der Waals surface area contributed by atoms with Crippen LogP contribution in [0.1, 0.15) is 38.2 Å². The molecule has 220 valence electrons. The van der Waals surface area contributed by atoms with Gasteiger partial charge in [-0.15, -0.1) is 0 Å². The fourth-order valence-corrected chi connectivity index (χ4v) is 7.07. The molecule has 0 N–H and O–H groups in total. The number of nitrogens with zero attached hydrogens (tertiary/aromatic N) is 7. The summed E-state index contributed by atoms with van der Waals surface area (Å²) in [6.45, 7) is 9.43. The third kappa shape index (κ3) is 4.93. The van der Waals surface area contributed by atoms with Crippen molar-refractivity contribution < 1.29 is 14.3 Å². The van der Waals surface area contributed by atoms with E-state index in [4.69, 9.17) is 19.7 Å². The maximum atomic E-state index is 12.9. The smallest absolute Gasteiger partial charge is 0.225 e. The van der Waals surface area contributed by atoms with Crippen LogP contribution in [0, 0.1) is 23.2 Å². The Morgan fingerprint density at radius 2 is 1.90 bits per heavy atom. The molecule has 4 fully saturated rings. The number of likely N-dealkylation sites (tertiary alicyclic amines) is 1. The normalized spacial score (nSPS) is 24.7. The van der Waals surface area contributed by atoms with Crippen molar-refractivity contribution in [1.29, 1.82) is 5.26 Å². The van der Waals surface area contributed by atoms with Gasteiger partial charge >= 0.3 is 0 Å². The molecular formula is C32H39N7O3. The number of rotatable bonds is 7. The molecular weight excluding hydrogens is 530 g/mol. The highest BCUT2D eigenvalue weighted by molar-refractivity contribution is 5.81. The SMILES string of the molecule is CCOC1(c2ccc(-c3cc4c(N5CCN(C(=O)C6CC(C#N)C6)CC5)ccnn4c3)nc2)CCN(C2COC2)CC1. The first-order valence-electron chi connectivity index (χ1n) is 15.4. The molecule has 7 rings (SSSR count). The summed E-state index contributed by atoms with van der Waals surface area (Å²) in [5, 5.41) is 13.6. The van der Waals surface area contributed by atoms with Crippen molar-refractivity contribution in [2.75, 3.05) is 64.0 Å². The molecule has 42 heavy (non-hydrogen) atoms. The minimum atomic E-state index is -0.290. The third-order valence-electron chi connectivity index (χ3n) is 9.84. The minimum absolute atomic E-state index is 0.0274. The van der Waals surface area contributed by atoms with Crippen molar-refractivity contribution in [1.82, 2.24) is 24.4 Å². The summed E-state index contributed by atoms with van der Waals surface area (Å²) in [5.41, 5.74) is 4.95. The summed E-state index contributed by atoms with van der Waals surface area (Å²) in [6, 6.07) is 11.4. The van der Waals surface area contributed by atoms with Gasteiger partial charge in [-0.3, -0.25) is 14.7 Å². The Balaban J connectivity index is 1.04. The maximum absolute atomic E-state index is 12.9. The van der Waals surface area contributed by atoms with Crippen molar-refractivity contribution in [2.45, 2.75) is 44.2 Å². The van der Waals surface area contributed by atoms with Gasteiger partial charge in [0.25, 0.3) is 0 Å². The zero-order valence-electron chi connectivity index (χ0n) is 24.3. The summed E-state index contributed by atoms with van der Waals surface area (Å²) in [5.74, 6) is 0.292. The van der Waals surface area contributed by atoms with Gasteiger partial charge in [0.05, 0.1) is 47.8 Å². The lowest BCUT2D eigenvalue weighted by Gasteiger charge is -2.46. The van der Waals surface area contributed by atoms with E-state index in [9.17, 15) is 4.79 Å². The van der Waals surface area contributed by atoms with Crippen LogP contribution in [0.5, 0.6) is 0 Å². The number of pyridine rings is 1. The lowest BCUT2D eigenvalue weighted by atomic mass is 9.75. The van der Waals surface area contributed by atoms with E-state index in [1.165, 1.54) is 0 Å². The van der Waals surface area contributed by atoms with Gasteiger partial charge in [0.1, 0.15) is 0 Å². The number of nitriles is 1. The van der Waals surface area contributed by atoms with Crippen LogP contribution in [0.3, 0.4) is 0 Å². The lowest BCUT2D eigenvalue weighted by molar-refractivity contribution is -0.139. The molecule has 1 saturated carbocycles. The zero-order valence-corrected chi connectivity index (χ0v) is 24.3. The average Bonchev–Trinajstić information content (AvgIpc) is 3.42. The Bertz CT molecular complexity index is 1460. The van der Waals surface area contributed by atoms with Gasteiger partial charge in [0, 0.05) is 87.4 Å². The summed E-state index contributed by atoms with van der Waals surface area (Å²) in [4.78, 5) is 24.6. The van der Waals surface area contributed by atoms with Gasteiger partial charge in [0.15, 0.2) is 0 Å². The van der Waals surface area contributed by atoms with E-state index in [0.717, 1.165) is 80.3 Å². The maximum Gasteiger partial charge on any atom is 0.225 e. The van der Waals surface area contributed by atoms with Gasteiger partial charge < -0.3 is 19.3 Å². The largest absolute Gasteiger partial charge is 0.378 e. The molecule has 0 unspecified atom stereocenters. The number of aromatic nitrogens is 3. The summed E-state index contributed by atoms with van der Waals surface area (Å²) >= 11 is 0. The molecule has 0 bridgehead atoms. The predicted molar refractivity (Wildman–Crippen MR) is 158 cm³/mol. The number of piperazine rings is 1. The van der Waals surface area contributed by atoms with Crippen LogP contribution in [0.15, 0.2) is 42.9 Å². The second-order valence-electron chi connectivity index (χ2n) is 12.2. The number of anilines is 1. The number of ether oxygens (including phenoxy) is 2. The number of amides is 1. The topological polar surface area (TPSA) is 99.2 Å². The molecule has 1 amide bonds. The van der Waals surface area contributed by atoms with E-state index in [2.05, 4.69) is 52.2 Å². The van der Waals surface area contributed by atoms with Crippen LogP contribution in [-0.4, -0.2) is 95.4 Å². The van der Waals surface area contributed by atoms with Crippen LogP contribution in [-0.2, 0) is 19.9 Å². The molecule has 0 spiro atoms. The van der Waals surface area contributed by atoms with Crippen molar-refractivity contribution in [3.8, 4) is 17.3 Å². The van der Waals surface area contributed by atoms with E-state index in [0.29, 0.717) is 38.6 Å². The molecule has 0 radical (unpaired) electrons. The number of fused-ring (bicyclic) bond motifs is 1. The highest BCUT2D eigenvalue weighted by Crippen LogP contribution is 2.39. The fraction of sp³-hybridized carbons (Fsp3) is 0.562. The van der Waals surface area contributed by atoms with E-state index in [-0.39, 0.29) is 23.3 Å². The highest BCUT2D eigenvalue weighted by atomic mass is 16.5. The molecule has 3 saturated heterocycles. The Kier molecular flexibility index (Phi) is 7.34. The number of carbonyl (C=O) groups is 1. The molecule has 3 aromatic heterocycles. The van der Waals surface area contributed by atoms with Gasteiger partial charge in [-0.05, 0) is 50.8 Å². The first kappa shape index (κ1) is 27.3. The Labute approximate surface area is 246 Å². The van der Waals surface area contributed by atoms with E-state index < -0.39 is 0 Å². The predicted octanol–water partition coefficient (Wildman–Crippen LogP) is 3.32. The lowest BCUT2D eigenvalue weighted by Crippen LogP contribution is -2.54. The molecule has 0 atom stereocenters. The van der Waals surface area contributed by atoms with E-state index in [1.54, 1.807) is 0 Å². The number of hydrogen-bond donors (Lipinski definition) is 0. The molecule has 3 aliphatic heterocycles. The first-order valence-corrected chi connectivity index (χ1v) is 15.4. The number of piperidine rings is 1. The van der Waals surface area contributed by atoms with Crippen LogP contribution in [0.2, 0.25) is 0 Å². The summed E-state index contributed by atoms with van der Waals surface area (Å²) < 4.78 is 13.7. The van der Waals surface area contributed by atoms with Gasteiger partial charge in [0.2, 0.25) is 5.91 Å². The van der Waals surface area contributed by atoms with E-state index in [1.807, 2.05) is 28.0 Å². The molecule has 3 aromatic rings. The third-order valence-corrected chi connectivity index (χ3v) is 9.84. The van der Waals surface area contributed by atoms with Crippen molar-refractivity contribution in [2.24, 2.45) is 11.8 Å². The molecule has 10 heteroatoms. The fourth-order valence-electron chi connectivity index (χ4n) is 7.07. The van der Waals surface area contributed by atoms with Crippen molar-refractivity contribution in [3.63, 3.8) is 0 Å². The molecule has 1 aliphatic carbocycles. The summed E-state index contributed by atoms with van der Waals surface area (Å²) in [6.07, 6.45) is 9.23. The van der Waals surface area contributed by atoms with Gasteiger partial charge in [-0.2, -0.15) is 10.4 Å². The second kappa shape index (κ2) is 11.3. The van der Waals surface area contributed by atoms with Crippen molar-refractivity contribution in [3.05, 3.63) is 48.4 Å². The van der Waals surface area contributed by atoms with Crippen molar-refractivity contribution >= 4 is 17.1 Å². The monoisotopic (exact) mass is 569 g/mol. The Morgan fingerprint density at radius 3 is 2.55 bits per heavy atom. The second-order valence-corrected chi connectivity index (χ2v) is 12.2. The Morgan fingerprint density at radius 1 is 1.12 bits per heavy atom. The van der Waals surface area contributed by atoms with Gasteiger partial charge in [-0.1, -0.05) is 6.07 Å². The number of carbonyl (C=O) groups excluding carboxylic acids is 1. The standard InChI is InChI=1S/C32H39N7O3/c1-2-42-32(6-9-36(10-7-32)27-21-41-22-27)26-3-4-28(34-19-26)25-17-30-29(5-8-35-39(30)20-25)37-11-13-38(14-12-37)31(40)24-15-23(16-24)18-33/h3-5,8,17,19-20,23-24,27H,2,6-7,9-16,21-22H2,1H3. The van der Waals surface area contributed by atoms with Crippen LogP contribution in [0.25, 0.3) is 16.8 Å². The minimum Gasteiger partial charge on any atom is -0.378 e. The molecule has 4 aliphatic rings.